The van der Waals surface area contributed by atoms with Crippen molar-refractivity contribution in [1.82, 2.24) is 15.1 Å². The Bertz CT molecular complexity index is 949. The van der Waals surface area contributed by atoms with Gasteiger partial charge in [0.05, 0.1) is 6.54 Å². The van der Waals surface area contributed by atoms with Gasteiger partial charge in [0.1, 0.15) is 6.04 Å². The number of carbonyl (C=O) groups is 2. The number of piperidine rings is 1. The van der Waals surface area contributed by atoms with Gasteiger partial charge in [-0.25, -0.2) is 0 Å². The molecule has 1 saturated heterocycles. The van der Waals surface area contributed by atoms with Crippen molar-refractivity contribution in [2.24, 2.45) is 0 Å². The number of likely N-dealkylation sites (tertiary alicyclic amines) is 1. The SMILES string of the molecule is Cc1ccc(CNC(=O)CN2CCc3ccccc3C2C(=O)N2CCCCC2)cc1C. The lowest BCUT2D eigenvalue weighted by atomic mass is 9.91. The van der Waals surface area contributed by atoms with Crippen molar-refractivity contribution in [2.75, 3.05) is 26.2 Å². The molecule has 1 atom stereocenters. The van der Waals surface area contributed by atoms with E-state index in [2.05, 4.69) is 54.4 Å². The first kappa shape index (κ1) is 21.6. The van der Waals surface area contributed by atoms with Crippen LogP contribution in [0.4, 0.5) is 0 Å². The van der Waals surface area contributed by atoms with Gasteiger partial charge in [-0.2, -0.15) is 0 Å². The van der Waals surface area contributed by atoms with Crippen LogP contribution in [-0.4, -0.2) is 47.8 Å². The third kappa shape index (κ3) is 4.99. The molecule has 0 aliphatic carbocycles. The molecule has 0 saturated carbocycles. The quantitative estimate of drug-likeness (QED) is 0.807. The molecular weight excluding hydrogens is 386 g/mol. The smallest absolute Gasteiger partial charge is 0.244 e. The van der Waals surface area contributed by atoms with Crippen LogP contribution in [-0.2, 0) is 22.6 Å². The highest BCUT2D eigenvalue weighted by Gasteiger charge is 2.36. The molecule has 2 aromatic carbocycles. The summed E-state index contributed by atoms with van der Waals surface area (Å²) < 4.78 is 0. The minimum absolute atomic E-state index is 0.0333. The molecule has 31 heavy (non-hydrogen) atoms. The molecular formula is C26H33N3O2. The average molecular weight is 420 g/mol. The van der Waals surface area contributed by atoms with Gasteiger partial charge in [-0.3, -0.25) is 14.5 Å². The monoisotopic (exact) mass is 419 g/mol. The van der Waals surface area contributed by atoms with Crippen molar-refractivity contribution in [1.29, 1.82) is 0 Å². The zero-order chi connectivity index (χ0) is 21.8. The number of benzene rings is 2. The summed E-state index contributed by atoms with van der Waals surface area (Å²) in [6.07, 6.45) is 4.19. The molecule has 1 fully saturated rings. The van der Waals surface area contributed by atoms with Crippen molar-refractivity contribution < 1.29 is 9.59 Å². The van der Waals surface area contributed by atoms with E-state index in [0.29, 0.717) is 6.54 Å². The number of amides is 2. The van der Waals surface area contributed by atoms with Gasteiger partial charge in [-0.05, 0) is 67.3 Å². The fraction of sp³-hybridized carbons (Fsp3) is 0.462. The van der Waals surface area contributed by atoms with Crippen LogP contribution in [0.25, 0.3) is 0 Å². The van der Waals surface area contributed by atoms with Gasteiger partial charge in [-0.15, -0.1) is 0 Å². The summed E-state index contributed by atoms with van der Waals surface area (Å²) in [6, 6.07) is 14.1. The summed E-state index contributed by atoms with van der Waals surface area (Å²) in [5, 5.41) is 3.05. The lowest BCUT2D eigenvalue weighted by molar-refractivity contribution is -0.139. The molecule has 2 aliphatic heterocycles. The number of fused-ring (bicyclic) bond motifs is 1. The minimum atomic E-state index is -0.365. The number of hydrogen-bond donors (Lipinski definition) is 1. The molecule has 1 unspecified atom stereocenters. The molecule has 1 N–H and O–H groups in total. The summed E-state index contributed by atoms with van der Waals surface area (Å²) in [4.78, 5) is 30.4. The van der Waals surface area contributed by atoms with Gasteiger partial charge in [0.2, 0.25) is 11.8 Å². The molecule has 164 valence electrons. The van der Waals surface area contributed by atoms with Gasteiger partial charge >= 0.3 is 0 Å². The predicted octanol–water partition coefficient (Wildman–Crippen LogP) is 3.53. The second-order valence-electron chi connectivity index (χ2n) is 8.90. The summed E-state index contributed by atoms with van der Waals surface area (Å²) >= 11 is 0. The van der Waals surface area contributed by atoms with Crippen LogP contribution in [0.3, 0.4) is 0 Å². The number of hydrogen-bond acceptors (Lipinski definition) is 3. The summed E-state index contributed by atoms with van der Waals surface area (Å²) in [5.74, 6) is 0.114. The lowest BCUT2D eigenvalue weighted by Crippen LogP contribution is -2.50. The Morgan fingerprint density at radius 1 is 0.968 bits per heavy atom. The maximum absolute atomic E-state index is 13.5. The van der Waals surface area contributed by atoms with Gasteiger partial charge in [0.25, 0.3) is 0 Å². The first-order valence-electron chi connectivity index (χ1n) is 11.5. The first-order chi connectivity index (χ1) is 15.0. The van der Waals surface area contributed by atoms with E-state index in [1.165, 1.54) is 23.1 Å². The molecule has 0 spiro atoms. The van der Waals surface area contributed by atoms with Crippen molar-refractivity contribution in [3.8, 4) is 0 Å². The van der Waals surface area contributed by atoms with E-state index in [9.17, 15) is 9.59 Å². The summed E-state index contributed by atoms with van der Waals surface area (Å²) in [6.45, 7) is 7.29. The second kappa shape index (κ2) is 9.65. The minimum Gasteiger partial charge on any atom is -0.351 e. The molecule has 5 nitrogen and oxygen atoms in total. The Morgan fingerprint density at radius 2 is 1.74 bits per heavy atom. The molecule has 2 aromatic rings. The highest BCUT2D eigenvalue weighted by atomic mass is 16.2. The number of rotatable bonds is 5. The Balaban J connectivity index is 1.46. The topological polar surface area (TPSA) is 52.7 Å². The molecule has 0 bridgehead atoms. The third-order valence-corrected chi connectivity index (χ3v) is 6.69. The molecule has 2 heterocycles. The van der Waals surface area contributed by atoms with E-state index in [4.69, 9.17) is 0 Å². The zero-order valence-electron chi connectivity index (χ0n) is 18.7. The lowest BCUT2D eigenvalue weighted by Gasteiger charge is -2.39. The van der Waals surface area contributed by atoms with Gasteiger partial charge in [0.15, 0.2) is 0 Å². The average Bonchev–Trinajstić information content (AvgIpc) is 2.80. The molecule has 2 aliphatic rings. The first-order valence-corrected chi connectivity index (χ1v) is 11.5. The van der Waals surface area contributed by atoms with Crippen molar-refractivity contribution in [3.63, 3.8) is 0 Å². The Morgan fingerprint density at radius 3 is 2.52 bits per heavy atom. The van der Waals surface area contributed by atoms with Gasteiger partial charge < -0.3 is 10.2 Å². The number of carbonyl (C=O) groups excluding carboxylic acids is 2. The largest absolute Gasteiger partial charge is 0.351 e. The van der Waals surface area contributed by atoms with E-state index in [1.807, 2.05) is 17.0 Å². The maximum atomic E-state index is 13.5. The van der Waals surface area contributed by atoms with E-state index in [-0.39, 0.29) is 24.4 Å². The maximum Gasteiger partial charge on any atom is 0.244 e. The predicted molar refractivity (Wildman–Crippen MR) is 123 cm³/mol. The highest BCUT2D eigenvalue weighted by molar-refractivity contribution is 5.85. The van der Waals surface area contributed by atoms with Crippen LogP contribution < -0.4 is 5.32 Å². The van der Waals surface area contributed by atoms with Crippen LogP contribution in [0, 0.1) is 13.8 Å². The molecule has 2 amide bonds. The third-order valence-electron chi connectivity index (χ3n) is 6.69. The highest BCUT2D eigenvalue weighted by Crippen LogP contribution is 2.32. The Hall–Kier alpha value is -2.66. The number of nitrogens with one attached hydrogen (secondary N) is 1. The van der Waals surface area contributed by atoms with Crippen molar-refractivity contribution in [2.45, 2.75) is 52.1 Å². The summed E-state index contributed by atoms with van der Waals surface area (Å²) in [5.41, 5.74) is 5.87. The van der Waals surface area contributed by atoms with Crippen molar-refractivity contribution in [3.05, 3.63) is 70.3 Å². The normalized spacial score (nSPS) is 19.0. The number of aryl methyl sites for hydroxylation is 2. The van der Waals surface area contributed by atoms with Crippen LogP contribution in [0.2, 0.25) is 0 Å². The molecule has 0 radical (unpaired) electrons. The van der Waals surface area contributed by atoms with E-state index in [1.54, 1.807) is 0 Å². The summed E-state index contributed by atoms with van der Waals surface area (Å²) in [7, 11) is 0. The Labute approximate surface area is 185 Å². The van der Waals surface area contributed by atoms with Crippen molar-refractivity contribution >= 4 is 11.8 Å². The zero-order valence-corrected chi connectivity index (χ0v) is 18.7. The Kier molecular flexibility index (Phi) is 6.71. The van der Waals surface area contributed by atoms with Gasteiger partial charge in [0, 0.05) is 26.2 Å². The van der Waals surface area contributed by atoms with E-state index in [0.717, 1.165) is 50.0 Å². The van der Waals surface area contributed by atoms with Gasteiger partial charge in [-0.1, -0.05) is 42.5 Å². The van der Waals surface area contributed by atoms with E-state index < -0.39 is 0 Å². The van der Waals surface area contributed by atoms with Crippen LogP contribution >= 0.6 is 0 Å². The van der Waals surface area contributed by atoms with Crippen LogP contribution in [0.5, 0.6) is 0 Å². The van der Waals surface area contributed by atoms with E-state index >= 15 is 0 Å². The molecule has 5 heteroatoms. The second-order valence-corrected chi connectivity index (χ2v) is 8.90. The molecule has 4 rings (SSSR count). The fourth-order valence-corrected chi connectivity index (χ4v) is 4.72. The van der Waals surface area contributed by atoms with Crippen LogP contribution in [0.1, 0.15) is 53.1 Å². The van der Waals surface area contributed by atoms with Crippen LogP contribution in [0.15, 0.2) is 42.5 Å². The molecule has 0 aromatic heterocycles. The fourth-order valence-electron chi connectivity index (χ4n) is 4.72. The number of nitrogens with zero attached hydrogens (tertiary/aromatic N) is 2. The standard InChI is InChI=1S/C26H33N3O2/c1-19-10-11-21(16-20(19)2)17-27-24(30)18-29-15-12-22-8-4-5-9-23(22)25(29)26(31)28-13-6-3-7-14-28/h4-5,8-11,16,25H,3,6-7,12-15,17-18H2,1-2H3,(H,27,30).